The van der Waals surface area contributed by atoms with Gasteiger partial charge in [-0.1, -0.05) is 0 Å². The van der Waals surface area contributed by atoms with E-state index in [1.807, 2.05) is 14.1 Å². The Morgan fingerprint density at radius 1 is 1.25 bits per heavy atom. The molecule has 0 aliphatic heterocycles. The Bertz CT molecular complexity index is 117. The Balaban J connectivity index is 3.58. The number of nitrogens with zero attached hydrogens (tertiary/aromatic N) is 1. The maximum atomic E-state index is 9.62. The first-order valence-electron chi connectivity index (χ1n) is 4.01. The van der Waals surface area contributed by atoms with E-state index in [0.29, 0.717) is 6.04 Å². The van der Waals surface area contributed by atoms with Gasteiger partial charge < -0.3 is 18.5 Å². The second-order valence-corrected chi connectivity index (χ2v) is 5.77. The van der Waals surface area contributed by atoms with Crippen molar-refractivity contribution in [2.24, 2.45) is 0 Å². The average molecular weight is 193 g/mol. The molecule has 0 heterocycles. The maximum Gasteiger partial charge on any atom is 0.497 e. The monoisotopic (exact) mass is 193 g/mol. The molecule has 0 unspecified atom stereocenters. The van der Waals surface area contributed by atoms with Crippen LogP contribution in [-0.4, -0.2) is 53.4 Å². The van der Waals surface area contributed by atoms with Crippen molar-refractivity contribution in [1.29, 1.82) is 0 Å². The smallest absolute Gasteiger partial charge is 0.390 e. The Kier molecular flexibility index (Phi) is 5.69. The van der Waals surface area contributed by atoms with E-state index in [2.05, 4.69) is 4.90 Å². The lowest BCUT2D eigenvalue weighted by Crippen LogP contribution is -2.40. The van der Waals surface area contributed by atoms with E-state index < -0.39 is 8.80 Å². The van der Waals surface area contributed by atoms with Gasteiger partial charge in [0, 0.05) is 20.3 Å². The lowest BCUT2D eigenvalue weighted by Gasteiger charge is -2.20. The molecule has 0 aromatic carbocycles. The normalized spacial score (nSPS) is 12.5. The zero-order valence-electron chi connectivity index (χ0n) is 8.33. The molecule has 0 saturated heterocycles. The summed E-state index contributed by atoms with van der Waals surface area (Å²) in [5, 5.41) is 0. The van der Waals surface area contributed by atoms with Gasteiger partial charge in [0.2, 0.25) is 0 Å². The fraction of sp³-hybridized carbons (Fsp3) is 1.00. The van der Waals surface area contributed by atoms with Crippen LogP contribution in [0.2, 0.25) is 6.04 Å². The molecule has 1 N–H and O–H groups in total. The van der Waals surface area contributed by atoms with Gasteiger partial charge in [0.25, 0.3) is 0 Å². The first-order valence-corrected chi connectivity index (χ1v) is 5.98. The molecule has 0 bridgehead atoms. The number of rotatable bonds is 6. The molecule has 0 fully saturated rings. The molecule has 0 aliphatic rings. The summed E-state index contributed by atoms with van der Waals surface area (Å²) < 4.78 is 9.84. The molecule has 12 heavy (non-hydrogen) atoms. The van der Waals surface area contributed by atoms with Crippen molar-refractivity contribution in [3.8, 4) is 0 Å². The Morgan fingerprint density at radius 3 is 2.08 bits per heavy atom. The molecule has 0 aromatic rings. The fourth-order valence-corrected chi connectivity index (χ4v) is 2.09. The molecular weight excluding hydrogens is 174 g/mol. The Morgan fingerprint density at radius 2 is 1.75 bits per heavy atom. The molecule has 0 spiro atoms. The van der Waals surface area contributed by atoms with Crippen molar-refractivity contribution in [2.75, 3.05) is 34.9 Å². The maximum absolute atomic E-state index is 9.62. The molecule has 5 heteroatoms. The molecule has 0 rings (SSSR count). The summed E-state index contributed by atoms with van der Waals surface area (Å²) in [6, 6.07) is 0.623. The predicted octanol–water partition coefficient (Wildman–Crippen LogP) is 0.162. The standard InChI is InChI=1S/C7H19NO3Si/c1-8(2)6-5-7-12(9,10-3)11-4/h9H,5-7H2,1-4H3. The van der Waals surface area contributed by atoms with Crippen molar-refractivity contribution in [2.45, 2.75) is 12.5 Å². The van der Waals surface area contributed by atoms with E-state index in [1.165, 1.54) is 14.2 Å². The first kappa shape index (κ1) is 12.1. The van der Waals surface area contributed by atoms with Gasteiger partial charge in [-0.2, -0.15) is 0 Å². The highest BCUT2D eigenvalue weighted by molar-refractivity contribution is 6.59. The van der Waals surface area contributed by atoms with Crippen molar-refractivity contribution < 1.29 is 13.6 Å². The van der Waals surface area contributed by atoms with Gasteiger partial charge in [0.15, 0.2) is 0 Å². The molecule has 0 radical (unpaired) electrons. The van der Waals surface area contributed by atoms with Crippen LogP contribution in [0, 0.1) is 0 Å². The van der Waals surface area contributed by atoms with Crippen LogP contribution in [0.25, 0.3) is 0 Å². The molecule has 0 atom stereocenters. The quantitative estimate of drug-likeness (QED) is 0.610. The van der Waals surface area contributed by atoms with Crippen LogP contribution in [0.4, 0.5) is 0 Å². The van der Waals surface area contributed by atoms with E-state index in [1.54, 1.807) is 0 Å². The number of hydrogen-bond donors (Lipinski definition) is 1. The van der Waals surface area contributed by atoms with Gasteiger partial charge in [-0.3, -0.25) is 0 Å². The summed E-state index contributed by atoms with van der Waals surface area (Å²) in [5.41, 5.74) is 0. The lowest BCUT2D eigenvalue weighted by molar-refractivity contribution is 0.149. The van der Waals surface area contributed by atoms with Gasteiger partial charge in [-0.15, -0.1) is 0 Å². The lowest BCUT2D eigenvalue weighted by atomic mass is 10.5. The van der Waals surface area contributed by atoms with Gasteiger partial charge in [-0.25, -0.2) is 0 Å². The van der Waals surface area contributed by atoms with E-state index in [4.69, 9.17) is 8.85 Å². The second-order valence-electron chi connectivity index (χ2n) is 3.03. The zero-order valence-corrected chi connectivity index (χ0v) is 9.33. The van der Waals surface area contributed by atoms with Crippen LogP contribution < -0.4 is 0 Å². The second kappa shape index (κ2) is 5.66. The Labute approximate surface area is 75.5 Å². The fourth-order valence-electron chi connectivity index (χ4n) is 0.906. The summed E-state index contributed by atoms with van der Waals surface area (Å²) in [6.07, 6.45) is 0.900. The average Bonchev–Trinajstić information content (AvgIpc) is 2.03. The molecule has 0 saturated carbocycles. The summed E-state index contributed by atoms with van der Waals surface area (Å²) in [5.74, 6) is 0. The van der Waals surface area contributed by atoms with Crippen molar-refractivity contribution in [1.82, 2.24) is 4.90 Å². The van der Waals surface area contributed by atoms with Crippen LogP contribution in [0.5, 0.6) is 0 Å². The van der Waals surface area contributed by atoms with Gasteiger partial charge in [0.1, 0.15) is 0 Å². The highest BCUT2D eigenvalue weighted by Gasteiger charge is 2.33. The van der Waals surface area contributed by atoms with Crippen LogP contribution in [0.3, 0.4) is 0 Å². The minimum Gasteiger partial charge on any atom is -0.390 e. The molecule has 4 nitrogen and oxygen atoms in total. The summed E-state index contributed by atoms with van der Waals surface area (Å²) in [6.45, 7) is 0.946. The van der Waals surface area contributed by atoms with Gasteiger partial charge in [0.05, 0.1) is 0 Å². The van der Waals surface area contributed by atoms with E-state index >= 15 is 0 Å². The molecule has 0 aliphatic carbocycles. The molecular formula is C7H19NO3Si. The summed E-state index contributed by atoms with van der Waals surface area (Å²) >= 11 is 0. The largest absolute Gasteiger partial charge is 0.497 e. The number of hydrogen-bond acceptors (Lipinski definition) is 4. The molecule has 0 amide bonds. The summed E-state index contributed by atoms with van der Waals surface area (Å²) in [4.78, 5) is 11.7. The highest BCUT2D eigenvalue weighted by atomic mass is 28.4. The van der Waals surface area contributed by atoms with E-state index in [9.17, 15) is 4.80 Å². The third-order valence-corrected chi connectivity index (χ3v) is 4.00. The van der Waals surface area contributed by atoms with Crippen LogP contribution in [0.1, 0.15) is 6.42 Å². The molecule has 74 valence electrons. The van der Waals surface area contributed by atoms with Crippen molar-refractivity contribution in [3.05, 3.63) is 0 Å². The highest BCUT2D eigenvalue weighted by Crippen LogP contribution is 2.10. The first-order chi connectivity index (χ1) is 5.54. The van der Waals surface area contributed by atoms with E-state index in [-0.39, 0.29) is 0 Å². The minimum atomic E-state index is -2.79. The minimum absolute atomic E-state index is 0.623. The van der Waals surface area contributed by atoms with Crippen LogP contribution in [0.15, 0.2) is 0 Å². The molecule has 0 aromatic heterocycles. The third kappa shape index (κ3) is 4.84. The summed E-state index contributed by atoms with van der Waals surface area (Å²) in [7, 11) is 4.19. The SMILES string of the molecule is CO[Si](O)(CCCN(C)C)OC. The van der Waals surface area contributed by atoms with Crippen molar-refractivity contribution in [3.63, 3.8) is 0 Å². The van der Waals surface area contributed by atoms with Gasteiger partial charge >= 0.3 is 8.80 Å². The van der Waals surface area contributed by atoms with E-state index in [0.717, 1.165) is 13.0 Å². The van der Waals surface area contributed by atoms with Gasteiger partial charge in [-0.05, 0) is 27.1 Å². The predicted molar refractivity (Wildman–Crippen MR) is 50.0 cm³/mol. The van der Waals surface area contributed by atoms with Crippen LogP contribution >= 0.6 is 0 Å². The van der Waals surface area contributed by atoms with Crippen molar-refractivity contribution >= 4 is 8.80 Å². The van der Waals surface area contributed by atoms with Crippen LogP contribution in [-0.2, 0) is 8.85 Å². The third-order valence-electron chi connectivity index (χ3n) is 1.74. The Hall–Kier alpha value is 0.0569. The zero-order chi connectivity index (χ0) is 9.61. The topological polar surface area (TPSA) is 41.9 Å².